The molecule has 19 heteroatoms. The standard InChI is InChI=1S/C48H60ClN8O8PS/c1-48(2)15-13-35(42(28-48)33-5-7-36(49)8-6-33)31-54-17-19-55(20-18-54)37-9-11-41(45(26-37)65-39-25-34-14-16-50-46(34)52-30-39)47(58)53-67(62,63)40-10-12-43(44(27-40)57(59)60)51-29-38(32-64-3)56-21-23-66(4,61)24-22-56/h5-12,14,16,25-27,30,38,51,61,66H,13,15,17-24,28-29,31-32H2,1-4H3,(H,50,52)(H,53,58). The zero-order valence-corrected chi connectivity index (χ0v) is 41.0. The Kier molecular flexibility index (Phi) is 14.6. The number of hydrogen-bond acceptors (Lipinski definition) is 13. The van der Waals surface area contributed by atoms with Gasteiger partial charge in [-0.2, -0.15) is 0 Å². The Bertz CT molecular complexity index is 2750. The van der Waals surface area contributed by atoms with Gasteiger partial charge in [0.25, 0.3) is 5.91 Å². The van der Waals surface area contributed by atoms with Crippen molar-refractivity contribution in [3.05, 3.63) is 117 Å². The van der Waals surface area contributed by atoms with Crippen LogP contribution in [0, 0.1) is 15.5 Å². The minimum absolute atomic E-state index is 0.0547. The second-order valence-corrected chi connectivity index (χ2v) is 25.1. The first-order valence-electron chi connectivity index (χ1n) is 22.7. The number of H-pyrrole nitrogens is 1. The van der Waals surface area contributed by atoms with Crippen LogP contribution in [0.5, 0.6) is 11.5 Å². The second kappa shape index (κ2) is 20.2. The van der Waals surface area contributed by atoms with Gasteiger partial charge < -0.3 is 14.6 Å². The quantitative estimate of drug-likeness (QED) is 0.0425. The molecular formula is C48H60ClN8O8PS. The summed E-state index contributed by atoms with van der Waals surface area (Å²) >= 11 is 6.25. The number of nitro benzene ring substituents is 1. The number of aromatic amines is 1. The van der Waals surface area contributed by atoms with E-state index in [9.17, 15) is 28.2 Å². The number of anilines is 2. The van der Waals surface area contributed by atoms with E-state index in [1.54, 1.807) is 31.5 Å². The van der Waals surface area contributed by atoms with Gasteiger partial charge in [-0.05, 0) is 72.2 Å². The first-order valence-corrected chi connectivity index (χ1v) is 27.4. The molecule has 0 bridgehead atoms. The molecule has 2 aliphatic heterocycles. The molecule has 67 heavy (non-hydrogen) atoms. The van der Waals surface area contributed by atoms with Crippen LogP contribution < -0.4 is 19.7 Å². The number of piperazine rings is 1. The van der Waals surface area contributed by atoms with E-state index < -0.39 is 38.9 Å². The van der Waals surface area contributed by atoms with E-state index in [1.807, 2.05) is 24.9 Å². The minimum atomic E-state index is -4.62. The van der Waals surface area contributed by atoms with E-state index >= 15 is 0 Å². The van der Waals surface area contributed by atoms with Crippen LogP contribution in [0.25, 0.3) is 16.6 Å². The van der Waals surface area contributed by atoms with Crippen molar-refractivity contribution in [1.82, 2.24) is 24.5 Å². The number of aromatic nitrogens is 2. The zero-order valence-electron chi connectivity index (χ0n) is 38.4. The zero-order chi connectivity index (χ0) is 47.5. The molecule has 0 spiro atoms. The number of fused-ring (bicyclic) bond motifs is 1. The number of allylic oxidation sites excluding steroid dienone is 1. The molecule has 3 aliphatic rings. The summed E-state index contributed by atoms with van der Waals surface area (Å²) in [5.41, 5.74) is 5.35. The van der Waals surface area contributed by atoms with Gasteiger partial charge in [0.2, 0.25) is 0 Å². The van der Waals surface area contributed by atoms with Crippen LogP contribution in [-0.2, 0) is 14.8 Å². The molecule has 4 N–H and O–H groups in total. The van der Waals surface area contributed by atoms with E-state index in [4.69, 9.17) is 21.1 Å². The molecule has 1 amide bonds. The van der Waals surface area contributed by atoms with Gasteiger partial charge in [0.05, 0.1) is 11.8 Å². The van der Waals surface area contributed by atoms with Crippen LogP contribution in [0.4, 0.5) is 17.1 Å². The van der Waals surface area contributed by atoms with Crippen molar-refractivity contribution in [3.63, 3.8) is 0 Å². The van der Waals surface area contributed by atoms with E-state index in [2.05, 4.69) is 60.7 Å². The van der Waals surface area contributed by atoms with Crippen LogP contribution in [0.1, 0.15) is 49.0 Å². The van der Waals surface area contributed by atoms with Crippen LogP contribution in [0.2, 0.25) is 5.02 Å². The predicted octanol–water partition coefficient (Wildman–Crippen LogP) is 7.85. The van der Waals surface area contributed by atoms with Crippen molar-refractivity contribution in [3.8, 4) is 11.5 Å². The van der Waals surface area contributed by atoms with Gasteiger partial charge in [0.1, 0.15) is 17.1 Å². The van der Waals surface area contributed by atoms with Gasteiger partial charge >= 0.3 is 158 Å². The van der Waals surface area contributed by atoms with E-state index in [0.717, 1.165) is 61.1 Å². The summed E-state index contributed by atoms with van der Waals surface area (Å²) in [4.78, 5) is 50.2. The van der Waals surface area contributed by atoms with Crippen LogP contribution >= 0.6 is 19.1 Å². The molecule has 2 aromatic heterocycles. The summed E-state index contributed by atoms with van der Waals surface area (Å²) in [6.07, 6.45) is 7.88. The van der Waals surface area contributed by atoms with Crippen molar-refractivity contribution in [2.45, 2.75) is 44.0 Å². The van der Waals surface area contributed by atoms with E-state index in [0.29, 0.717) is 56.5 Å². The maximum absolute atomic E-state index is 14.0. The second-order valence-electron chi connectivity index (χ2n) is 19.0. The van der Waals surface area contributed by atoms with E-state index in [-0.39, 0.29) is 35.0 Å². The Labute approximate surface area is 397 Å². The number of carbonyl (C=O) groups excluding carboxylic acids is 1. The summed E-state index contributed by atoms with van der Waals surface area (Å²) in [7, 11) is -5.26. The van der Waals surface area contributed by atoms with Gasteiger partial charge in [-0.1, -0.05) is 43.2 Å². The maximum atomic E-state index is 14.0. The van der Waals surface area contributed by atoms with Crippen molar-refractivity contribution < 1.29 is 32.5 Å². The Morgan fingerprint density at radius 2 is 1.78 bits per heavy atom. The van der Waals surface area contributed by atoms with Crippen molar-refractivity contribution >= 4 is 68.7 Å². The fourth-order valence-electron chi connectivity index (χ4n) is 9.28. The van der Waals surface area contributed by atoms with Crippen LogP contribution in [-0.4, -0.2) is 135 Å². The van der Waals surface area contributed by atoms with Gasteiger partial charge in [-0.25, -0.2) is 4.98 Å². The van der Waals surface area contributed by atoms with Gasteiger partial charge in [-0.3, -0.25) is 9.69 Å². The number of sulfonamides is 1. The number of halogens is 1. The molecule has 1 aliphatic carbocycles. The number of ether oxygens (including phenoxy) is 2. The molecule has 358 valence electrons. The first kappa shape index (κ1) is 48.3. The number of nitrogens with zero attached hydrogens (tertiary/aromatic N) is 5. The summed E-state index contributed by atoms with van der Waals surface area (Å²) in [6.45, 7) is 12.5. The molecule has 0 saturated carbocycles. The Balaban J connectivity index is 0.989. The molecule has 3 aromatic carbocycles. The molecule has 1 atom stereocenters. The van der Waals surface area contributed by atoms with Gasteiger partial charge in [-0.15, -0.1) is 0 Å². The molecule has 0 radical (unpaired) electrons. The van der Waals surface area contributed by atoms with E-state index in [1.165, 1.54) is 41.1 Å². The number of nitrogens with one attached hydrogen (secondary N) is 3. The molecular weight excluding hydrogens is 915 g/mol. The molecule has 2 fully saturated rings. The fraction of sp³-hybridized carbons (Fsp3) is 0.417. The Hall–Kier alpha value is -5.13. The molecule has 8 rings (SSSR count). The Morgan fingerprint density at radius 1 is 1.03 bits per heavy atom. The third-order valence-electron chi connectivity index (χ3n) is 13.3. The van der Waals surface area contributed by atoms with Crippen molar-refractivity contribution in [1.29, 1.82) is 0 Å². The predicted molar refractivity (Wildman–Crippen MR) is 267 cm³/mol. The fourth-order valence-corrected chi connectivity index (χ4v) is 12.2. The number of nitro groups is 1. The number of methoxy groups -OCH3 is 1. The number of pyridine rings is 1. The number of carbonyl (C=O) groups is 1. The van der Waals surface area contributed by atoms with Crippen LogP contribution in [0.15, 0.2) is 95.7 Å². The number of benzene rings is 3. The summed E-state index contributed by atoms with van der Waals surface area (Å²) < 4.78 is 41.6. The monoisotopic (exact) mass is 974 g/mol. The van der Waals surface area contributed by atoms with Gasteiger partial charge in [0, 0.05) is 61.1 Å². The summed E-state index contributed by atoms with van der Waals surface area (Å²) in [5, 5.41) is 16.9. The van der Waals surface area contributed by atoms with Crippen molar-refractivity contribution in [2.75, 3.05) is 95.3 Å². The molecule has 16 nitrogen and oxygen atoms in total. The molecule has 4 heterocycles. The topological polar surface area (TPSA) is 195 Å². The number of rotatable bonds is 16. The SMILES string of the molecule is COCC(CNc1ccc(S(=O)(=O)NC(=O)c2ccc(N3CCN(CC4=C(c5ccc(Cl)cc5)CC(C)(C)CC4)CC3)cc2Oc2cnc3[nH]ccc3c2)cc1[N+](=O)[O-])N1CC[PH](C)(O)CC1. The first-order chi connectivity index (χ1) is 32.0. The summed E-state index contributed by atoms with van der Waals surface area (Å²) in [6, 6.07) is 20.2. The number of amides is 1. The molecule has 2 saturated heterocycles. The van der Waals surface area contributed by atoms with Crippen LogP contribution in [0.3, 0.4) is 0 Å². The Morgan fingerprint density at radius 3 is 2.49 bits per heavy atom. The van der Waals surface area contributed by atoms with Gasteiger partial charge in [0.15, 0.2) is 0 Å². The number of hydrogen-bond donors (Lipinski definition) is 4. The summed E-state index contributed by atoms with van der Waals surface area (Å²) in [5.74, 6) is -0.520. The third-order valence-corrected chi connectivity index (χ3v) is 17.5. The molecule has 1 unspecified atom stereocenters. The van der Waals surface area contributed by atoms with Crippen molar-refractivity contribution in [2.24, 2.45) is 5.41 Å². The third kappa shape index (κ3) is 11.8. The average Bonchev–Trinajstić information content (AvgIpc) is 3.77. The molecule has 5 aromatic rings. The average molecular weight is 976 g/mol. The normalized spacial score (nSPS) is 18.9.